The molecular weight excluding hydrogens is 598 g/mol. The number of carbonyl (C=O) groups is 6. The molecule has 2 rings (SSSR count). The molecule has 0 saturated carbocycles. The topological polar surface area (TPSA) is 154 Å². The number of terminal acetylenes is 2. The first-order chi connectivity index (χ1) is 22.1. The molecule has 11 nitrogen and oxygen atoms in total. The van der Waals surface area contributed by atoms with Crippen molar-refractivity contribution in [3.05, 3.63) is 35.9 Å². The van der Waals surface area contributed by atoms with Gasteiger partial charge >= 0.3 is 6.03 Å². The van der Waals surface area contributed by atoms with Gasteiger partial charge in [0, 0.05) is 18.5 Å². The Morgan fingerprint density at radius 1 is 0.957 bits per heavy atom. The standard InChI is InChI=1S/C33H43N5O6.C3H8/c1-8-10-17-23(27(40)30(42)34-19-9-2)35-29(41)24-18-14-20-38(24)31(43)28(33(5,6)7)37-32(44)36-25(21(3)4)26(39)22-15-12-11-13-16-22;1-3-2/h1-2,11-13,15-16,21,23-25,28H,10,14,17-20H2,3-7H3,(H,34,42)(H,35,41)(H2,36,37,44);3H2,1-2H3. The number of nitrogens with zero attached hydrogens (tertiary/aromatic N) is 1. The van der Waals surface area contributed by atoms with Crippen LogP contribution < -0.4 is 21.3 Å². The normalized spacial score (nSPS) is 15.8. The van der Waals surface area contributed by atoms with Crippen molar-refractivity contribution in [2.24, 2.45) is 11.3 Å². The van der Waals surface area contributed by atoms with Gasteiger partial charge in [0.05, 0.1) is 18.6 Å². The van der Waals surface area contributed by atoms with E-state index in [1.54, 1.807) is 51.1 Å². The van der Waals surface area contributed by atoms with Crippen LogP contribution in [0.4, 0.5) is 4.79 Å². The average molecular weight is 650 g/mol. The number of likely N-dealkylation sites (tertiary alicyclic amines) is 1. The lowest BCUT2D eigenvalue weighted by molar-refractivity contribution is -0.143. The highest BCUT2D eigenvalue weighted by Crippen LogP contribution is 2.26. The zero-order valence-corrected chi connectivity index (χ0v) is 28.8. The number of carbonyl (C=O) groups excluding carboxylic acids is 6. The Bertz CT molecular complexity index is 1320. The van der Waals surface area contributed by atoms with E-state index in [1.807, 2.05) is 13.8 Å². The summed E-state index contributed by atoms with van der Waals surface area (Å²) in [5, 5.41) is 10.3. The maximum absolute atomic E-state index is 13.9. The van der Waals surface area contributed by atoms with Gasteiger partial charge < -0.3 is 26.2 Å². The van der Waals surface area contributed by atoms with Crippen LogP contribution in [0, 0.1) is 36.0 Å². The van der Waals surface area contributed by atoms with Crippen LogP contribution in [0.15, 0.2) is 30.3 Å². The predicted octanol–water partition coefficient (Wildman–Crippen LogP) is 3.23. The molecule has 1 heterocycles. The molecular formula is C36H51N5O6. The molecule has 0 bridgehead atoms. The van der Waals surface area contributed by atoms with E-state index < -0.39 is 59.1 Å². The summed E-state index contributed by atoms with van der Waals surface area (Å²) in [5.74, 6) is 1.17. The van der Waals surface area contributed by atoms with Crippen LogP contribution >= 0.6 is 0 Å². The molecule has 11 heteroatoms. The number of urea groups is 1. The van der Waals surface area contributed by atoms with E-state index in [0.29, 0.717) is 18.4 Å². The van der Waals surface area contributed by atoms with Crippen LogP contribution in [-0.4, -0.2) is 77.5 Å². The maximum Gasteiger partial charge on any atom is 0.316 e. The van der Waals surface area contributed by atoms with E-state index in [0.717, 1.165) is 0 Å². The van der Waals surface area contributed by atoms with Gasteiger partial charge in [-0.15, -0.1) is 18.8 Å². The quantitative estimate of drug-likeness (QED) is 0.146. The van der Waals surface area contributed by atoms with E-state index in [2.05, 4.69) is 47.0 Å². The molecule has 1 aromatic rings. The van der Waals surface area contributed by atoms with Gasteiger partial charge in [0.25, 0.3) is 5.91 Å². The molecule has 4 unspecified atom stereocenters. The monoisotopic (exact) mass is 649 g/mol. The highest BCUT2D eigenvalue weighted by atomic mass is 16.2. The van der Waals surface area contributed by atoms with E-state index in [4.69, 9.17) is 12.8 Å². The number of rotatable bonds is 13. The molecule has 1 fully saturated rings. The van der Waals surface area contributed by atoms with Gasteiger partial charge in [-0.1, -0.05) is 91.1 Å². The fourth-order valence-corrected chi connectivity index (χ4v) is 4.89. The molecule has 4 atom stereocenters. The summed E-state index contributed by atoms with van der Waals surface area (Å²) in [6, 6.07) is 3.89. The van der Waals surface area contributed by atoms with Crippen LogP contribution in [0.2, 0.25) is 0 Å². The number of nitrogens with one attached hydrogen (secondary N) is 4. The zero-order chi connectivity index (χ0) is 35.7. The van der Waals surface area contributed by atoms with Gasteiger partial charge in [-0.05, 0) is 30.6 Å². The number of Topliss-reactive ketones (excluding diaryl/α,β-unsaturated/α-hetero) is 2. The predicted molar refractivity (Wildman–Crippen MR) is 182 cm³/mol. The van der Waals surface area contributed by atoms with E-state index in [-0.39, 0.29) is 37.6 Å². The third kappa shape index (κ3) is 12.6. The van der Waals surface area contributed by atoms with Crippen molar-refractivity contribution in [2.75, 3.05) is 13.1 Å². The van der Waals surface area contributed by atoms with E-state index in [9.17, 15) is 28.8 Å². The van der Waals surface area contributed by atoms with Gasteiger partial charge in [-0.2, -0.15) is 0 Å². The third-order valence-electron chi connectivity index (χ3n) is 7.31. The Hall–Kier alpha value is -4.64. The van der Waals surface area contributed by atoms with Gasteiger partial charge in [-0.3, -0.25) is 24.0 Å². The number of ketones is 2. The van der Waals surface area contributed by atoms with Crippen LogP contribution in [0.5, 0.6) is 0 Å². The SMILES string of the molecule is C#CCCC(NC(=O)C1CCCN1C(=O)C(NC(=O)NC(C(=O)c1ccccc1)C(C)C)C(C)(C)C)C(=O)C(=O)NCC#C.CCC. The molecule has 0 aromatic heterocycles. The van der Waals surface area contributed by atoms with Crippen LogP contribution in [0.3, 0.4) is 0 Å². The lowest BCUT2D eigenvalue weighted by Gasteiger charge is -2.36. The molecule has 4 N–H and O–H groups in total. The highest BCUT2D eigenvalue weighted by molar-refractivity contribution is 6.38. The minimum absolute atomic E-state index is 0.0241. The number of benzene rings is 1. The first-order valence-corrected chi connectivity index (χ1v) is 16.1. The minimum Gasteiger partial charge on any atom is -0.344 e. The minimum atomic E-state index is -1.20. The van der Waals surface area contributed by atoms with Crippen LogP contribution in [0.25, 0.3) is 0 Å². The summed E-state index contributed by atoms with van der Waals surface area (Å²) in [5.41, 5.74) is -0.316. The van der Waals surface area contributed by atoms with Crippen molar-refractivity contribution in [1.29, 1.82) is 0 Å². The Kier molecular flexibility index (Phi) is 17.0. The lowest BCUT2D eigenvalue weighted by Crippen LogP contribution is -2.61. The molecule has 1 aromatic carbocycles. The molecule has 1 aliphatic rings. The van der Waals surface area contributed by atoms with Crippen molar-refractivity contribution in [3.63, 3.8) is 0 Å². The van der Waals surface area contributed by atoms with Crippen molar-refractivity contribution >= 4 is 35.3 Å². The average Bonchev–Trinajstić information content (AvgIpc) is 3.53. The second-order valence-corrected chi connectivity index (χ2v) is 12.8. The van der Waals surface area contributed by atoms with Crippen LogP contribution in [-0.2, 0) is 19.2 Å². The molecule has 256 valence electrons. The van der Waals surface area contributed by atoms with Gasteiger partial charge in [0.1, 0.15) is 12.1 Å². The summed E-state index contributed by atoms with van der Waals surface area (Å²) in [7, 11) is 0. The van der Waals surface area contributed by atoms with Crippen molar-refractivity contribution in [1.82, 2.24) is 26.2 Å². The van der Waals surface area contributed by atoms with Gasteiger partial charge in [0.15, 0.2) is 5.78 Å². The fourth-order valence-electron chi connectivity index (χ4n) is 4.89. The molecule has 0 radical (unpaired) electrons. The summed E-state index contributed by atoms with van der Waals surface area (Å²) in [4.78, 5) is 80.0. The van der Waals surface area contributed by atoms with E-state index >= 15 is 0 Å². The molecule has 5 amide bonds. The highest BCUT2D eigenvalue weighted by Gasteiger charge is 2.43. The molecule has 1 aliphatic heterocycles. The number of hydrogen-bond acceptors (Lipinski definition) is 6. The Balaban J connectivity index is 0.00000354. The second-order valence-electron chi connectivity index (χ2n) is 12.8. The number of amides is 5. The number of hydrogen-bond donors (Lipinski definition) is 4. The summed E-state index contributed by atoms with van der Waals surface area (Å²) >= 11 is 0. The van der Waals surface area contributed by atoms with Gasteiger partial charge in [-0.25, -0.2) is 4.79 Å². The summed E-state index contributed by atoms with van der Waals surface area (Å²) in [6.07, 6.45) is 12.7. The Morgan fingerprint density at radius 2 is 1.57 bits per heavy atom. The smallest absolute Gasteiger partial charge is 0.316 e. The Morgan fingerprint density at radius 3 is 2.11 bits per heavy atom. The first-order valence-electron chi connectivity index (χ1n) is 16.1. The van der Waals surface area contributed by atoms with Crippen molar-refractivity contribution < 1.29 is 28.8 Å². The summed E-state index contributed by atoms with van der Waals surface area (Å²) < 4.78 is 0. The van der Waals surface area contributed by atoms with E-state index in [1.165, 1.54) is 11.3 Å². The maximum atomic E-state index is 13.9. The first kappa shape index (κ1) is 40.4. The molecule has 0 aliphatic carbocycles. The third-order valence-corrected chi connectivity index (χ3v) is 7.31. The zero-order valence-electron chi connectivity index (χ0n) is 28.8. The van der Waals surface area contributed by atoms with Gasteiger partial charge in [0.2, 0.25) is 17.6 Å². The second kappa shape index (κ2) is 19.8. The Labute approximate surface area is 279 Å². The molecule has 1 saturated heterocycles. The van der Waals surface area contributed by atoms with Crippen molar-refractivity contribution in [2.45, 2.75) is 105 Å². The van der Waals surface area contributed by atoms with Crippen LogP contribution in [0.1, 0.15) is 90.9 Å². The lowest BCUT2D eigenvalue weighted by atomic mass is 9.85. The molecule has 0 spiro atoms. The molecule has 47 heavy (non-hydrogen) atoms. The largest absolute Gasteiger partial charge is 0.344 e. The van der Waals surface area contributed by atoms with Crippen molar-refractivity contribution in [3.8, 4) is 24.7 Å². The summed E-state index contributed by atoms with van der Waals surface area (Å²) in [6.45, 7) is 13.3. The fraction of sp³-hybridized carbons (Fsp3) is 0.556.